The van der Waals surface area contributed by atoms with Gasteiger partial charge in [0, 0.05) is 29.1 Å². The van der Waals surface area contributed by atoms with Gasteiger partial charge in [-0.15, -0.1) is 0 Å². The van der Waals surface area contributed by atoms with Gasteiger partial charge in [0.2, 0.25) is 11.8 Å². The van der Waals surface area contributed by atoms with Gasteiger partial charge in [-0.25, -0.2) is 12.8 Å². The van der Waals surface area contributed by atoms with Crippen LogP contribution < -0.4 is 9.62 Å². The number of nitrogens with one attached hydrogen (secondary N) is 1. The Kier molecular flexibility index (Phi) is 10.7. The third-order valence-corrected chi connectivity index (χ3v) is 9.08. The van der Waals surface area contributed by atoms with Crippen LogP contribution in [0.25, 0.3) is 0 Å². The van der Waals surface area contributed by atoms with Gasteiger partial charge in [0.15, 0.2) is 0 Å². The second-order valence-corrected chi connectivity index (χ2v) is 14.2. The SMILES string of the molecule is Cc1cccc(N(CC(=O)N(Cc2ccccc2F)[C@@H](Cc2ccccc2)C(=O)NC(C)(C)C)S(=O)(=O)c2ccc(Cl)cc2)c1. The van der Waals surface area contributed by atoms with E-state index in [0.29, 0.717) is 5.02 Å². The van der Waals surface area contributed by atoms with E-state index < -0.39 is 45.8 Å². The third-order valence-electron chi connectivity index (χ3n) is 7.04. The summed E-state index contributed by atoms with van der Waals surface area (Å²) in [7, 11) is -4.28. The zero-order chi connectivity index (χ0) is 32.8. The molecule has 2 amide bonds. The highest BCUT2D eigenvalue weighted by Crippen LogP contribution is 2.27. The largest absolute Gasteiger partial charge is 0.350 e. The average Bonchev–Trinajstić information content (AvgIpc) is 2.98. The number of anilines is 1. The molecular weight excluding hydrogens is 613 g/mol. The number of sulfonamides is 1. The maximum absolute atomic E-state index is 15.0. The number of benzene rings is 4. The Morgan fingerprint density at radius 2 is 1.53 bits per heavy atom. The number of carbonyl (C=O) groups excluding carboxylic acids is 2. The summed E-state index contributed by atoms with van der Waals surface area (Å²) in [6.07, 6.45) is 0.122. The molecule has 0 aliphatic carbocycles. The first kappa shape index (κ1) is 33.7. The monoisotopic (exact) mass is 649 g/mol. The molecule has 10 heteroatoms. The molecule has 0 spiro atoms. The van der Waals surface area contributed by atoms with Gasteiger partial charge in [-0.3, -0.25) is 13.9 Å². The molecule has 7 nitrogen and oxygen atoms in total. The maximum atomic E-state index is 15.0. The molecule has 0 aliphatic heterocycles. The number of hydrogen-bond donors (Lipinski definition) is 1. The molecule has 0 fully saturated rings. The van der Waals surface area contributed by atoms with Crippen molar-refractivity contribution in [3.8, 4) is 0 Å². The second kappa shape index (κ2) is 14.3. The van der Waals surface area contributed by atoms with Crippen LogP contribution in [-0.2, 0) is 32.6 Å². The first-order valence-electron chi connectivity index (χ1n) is 14.5. The van der Waals surface area contributed by atoms with E-state index in [1.807, 2.05) is 64.1 Å². The number of rotatable bonds is 11. The normalized spacial score (nSPS) is 12.3. The summed E-state index contributed by atoms with van der Waals surface area (Å²) in [5, 5.41) is 3.32. The van der Waals surface area contributed by atoms with Crippen LogP contribution in [0.2, 0.25) is 5.02 Å². The Morgan fingerprint density at radius 1 is 0.889 bits per heavy atom. The van der Waals surface area contributed by atoms with Gasteiger partial charge >= 0.3 is 0 Å². The fourth-order valence-corrected chi connectivity index (χ4v) is 6.39. The molecule has 0 radical (unpaired) electrons. The van der Waals surface area contributed by atoms with Crippen molar-refractivity contribution in [3.63, 3.8) is 0 Å². The molecule has 0 saturated heterocycles. The van der Waals surface area contributed by atoms with Gasteiger partial charge in [-0.05, 0) is 81.3 Å². The summed E-state index contributed by atoms with van der Waals surface area (Å²) >= 11 is 6.03. The molecule has 45 heavy (non-hydrogen) atoms. The Balaban J connectivity index is 1.83. The molecular formula is C35H37ClFN3O4S. The van der Waals surface area contributed by atoms with Crippen molar-refractivity contribution in [1.82, 2.24) is 10.2 Å². The van der Waals surface area contributed by atoms with Gasteiger partial charge in [0.1, 0.15) is 18.4 Å². The first-order chi connectivity index (χ1) is 21.2. The van der Waals surface area contributed by atoms with E-state index in [4.69, 9.17) is 11.6 Å². The fourth-order valence-electron chi connectivity index (χ4n) is 4.86. The number of carbonyl (C=O) groups is 2. The average molecular weight is 650 g/mol. The summed E-state index contributed by atoms with van der Waals surface area (Å²) in [5.41, 5.74) is 1.38. The third kappa shape index (κ3) is 8.93. The van der Waals surface area contributed by atoms with Crippen LogP contribution in [0, 0.1) is 12.7 Å². The molecule has 1 atom stereocenters. The number of halogens is 2. The smallest absolute Gasteiger partial charge is 0.264 e. The predicted octanol–water partition coefficient (Wildman–Crippen LogP) is 6.54. The van der Waals surface area contributed by atoms with Gasteiger partial charge in [-0.2, -0.15) is 0 Å². The molecule has 0 bridgehead atoms. The van der Waals surface area contributed by atoms with Crippen LogP contribution in [0.4, 0.5) is 10.1 Å². The molecule has 1 N–H and O–H groups in total. The molecule has 4 aromatic carbocycles. The minimum atomic E-state index is -4.28. The Bertz CT molecular complexity index is 1740. The fraction of sp³-hybridized carbons (Fsp3) is 0.257. The number of nitrogens with zero attached hydrogens (tertiary/aromatic N) is 2. The Morgan fingerprint density at radius 3 is 2.16 bits per heavy atom. The van der Waals surface area contributed by atoms with Crippen molar-refractivity contribution >= 4 is 39.1 Å². The van der Waals surface area contributed by atoms with Crippen LogP contribution >= 0.6 is 11.6 Å². The topological polar surface area (TPSA) is 86.8 Å². The molecule has 0 unspecified atom stereocenters. The number of amides is 2. The van der Waals surface area contributed by atoms with Crippen molar-refractivity contribution in [2.75, 3.05) is 10.8 Å². The molecule has 0 aromatic heterocycles. The summed E-state index contributed by atoms with van der Waals surface area (Å²) in [4.78, 5) is 29.6. The summed E-state index contributed by atoms with van der Waals surface area (Å²) in [6.45, 7) is 6.39. The summed E-state index contributed by atoms with van der Waals surface area (Å²) < 4.78 is 44.2. The summed E-state index contributed by atoms with van der Waals surface area (Å²) in [6, 6.07) is 26.5. The van der Waals surface area contributed by atoms with Crippen LogP contribution in [0.5, 0.6) is 0 Å². The molecule has 0 aliphatic rings. The maximum Gasteiger partial charge on any atom is 0.264 e. The summed E-state index contributed by atoms with van der Waals surface area (Å²) in [5.74, 6) is -1.67. The molecule has 4 aromatic rings. The standard InChI is InChI=1S/C35H37ClFN3O4S/c1-25-11-10-15-29(21-25)40(45(43,44)30-19-17-28(36)18-20-30)24-33(41)39(23-27-14-8-9-16-31(27)37)32(34(42)38-35(2,3)4)22-26-12-6-5-7-13-26/h5-21,32H,22-24H2,1-4H3,(H,38,42)/t32-/m0/s1. The van der Waals surface area contributed by atoms with E-state index in [-0.39, 0.29) is 29.1 Å². The highest BCUT2D eigenvalue weighted by atomic mass is 35.5. The zero-order valence-corrected chi connectivity index (χ0v) is 27.3. The quantitative estimate of drug-likeness (QED) is 0.200. The van der Waals surface area contributed by atoms with Crippen LogP contribution in [0.3, 0.4) is 0 Å². The van der Waals surface area contributed by atoms with Crippen molar-refractivity contribution in [1.29, 1.82) is 0 Å². The minimum absolute atomic E-state index is 0.0619. The first-order valence-corrected chi connectivity index (χ1v) is 16.3. The Labute approximate surface area is 269 Å². The van der Waals surface area contributed by atoms with E-state index >= 15 is 4.39 Å². The van der Waals surface area contributed by atoms with Gasteiger partial charge in [0.05, 0.1) is 10.6 Å². The van der Waals surface area contributed by atoms with Crippen molar-refractivity contribution in [2.45, 2.75) is 57.1 Å². The zero-order valence-electron chi connectivity index (χ0n) is 25.7. The van der Waals surface area contributed by atoms with Crippen molar-refractivity contribution < 1.29 is 22.4 Å². The van der Waals surface area contributed by atoms with Crippen molar-refractivity contribution in [2.24, 2.45) is 0 Å². The minimum Gasteiger partial charge on any atom is -0.350 e. The van der Waals surface area contributed by atoms with E-state index in [1.54, 1.807) is 30.3 Å². The lowest BCUT2D eigenvalue weighted by molar-refractivity contribution is -0.140. The van der Waals surface area contributed by atoms with Crippen molar-refractivity contribution in [3.05, 3.63) is 131 Å². The Hall–Kier alpha value is -4.21. The second-order valence-electron chi connectivity index (χ2n) is 11.9. The van der Waals surface area contributed by atoms with Crippen LogP contribution in [-0.4, -0.2) is 43.3 Å². The molecule has 0 heterocycles. The molecule has 0 saturated carbocycles. The van der Waals surface area contributed by atoms with Gasteiger partial charge in [-0.1, -0.05) is 72.3 Å². The predicted molar refractivity (Wildman–Crippen MR) is 176 cm³/mol. The lowest BCUT2D eigenvalue weighted by Gasteiger charge is -2.35. The lowest BCUT2D eigenvalue weighted by atomic mass is 10.0. The highest BCUT2D eigenvalue weighted by Gasteiger charge is 2.36. The van der Waals surface area contributed by atoms with Crippen LogP contribution in [0.1, 0.15) is 37.5 Å². The molecule has 236 valence electrons. The number of hydrogen-bond acceptors (Lipinski definition) is 4. The van der Waals surface area contributed by atoms with Gasteiger partial charge in [0.25, 0.3) is 10.0 Å². The van der Waals surface area contributed by atoms with E-state index in [1.165, 1.54) is 41.3 Å². The molecule has 4 rings (SSSR count). The lowest BCUT2D eigenvalue weighted by Crippen LogP contribution is -2.56. The number of aryl methyl sites for hydroxylation is 1. The van der Waals surface area contributed by atoms with E-state index in [0.717, 1.165) is 15.4 Å². The van der Waals surface area contributed by atoms with Gasteiger partial charge < -0.3 is 10.2 Å². The highest BCUT2D eigenvalue weighted by molar-refractivity contribution is 7.92. The van der Waals surface area contributed by atoms with E-state index in [2.05, 4.69) is 5.32 Å². The van der Waals surface area contributed by atoms with E-state index in [9.17, 15) is 18.0 Å². The van der Waals surface area contributed by atoms with Crippen LogP contribution in [0.15, 0.2) is 108 Å².